The minimum absolute atomic E-state index is 0.103. The smallest absolute Gasteiger partial charge is 0.224 e. The number of methoxy groups -OCH3 is 2. The number of nitrogens with one attached hydrogen (secondary N) is 1. The lowest BCUT2D eigenvalue weighted by Gasteiger charge is -2.12. The van der Waals surface area contributed by atoms with Crippen LogP contribution in [0.3, 0.4) is 0 Å². The third-order valence-electron chi connectivity index (χ3n) is 3.94. The van der Waals surface area contributed by atoms with E-state index in [0.29, 0.717) is 18.0 Å². The number of carbonyl (C=O) groups excluding carboxylic acids is 1. The quantitative estimate of drug-likeness (QED) is 0.705. The lowest BCUT2D eigenvalue weighted by atomic mass is 10.1. The van der Waals surface area contributed by atoms with Gasteiger partial charge in [-0.15, -0.1) is 0 Å². The number of ether oxygens (including phenoxy) is 2. The van der Waals surface area contributed by atoms with E-state index in [2.05, 4.69) is 15.3 Å². The molecule has 0 bridgehead atoms. The van der Waals surface area contributed by atoms with Crippen LogP contribution in [0.15, 0.2) is 55.2 Å². The molecule has 0 radical (unpaired) electrons. The van der Waals surface area contributed by atoms with Crippen LogP contribution in [0.2, 0.25) is 0 Å². The van der Waals surface area contributed by atoms with Gasteiger partial charge in [-0.2, -0.15) is 0 Å². The van der Waals surface area contributed by atoms with Crippen molar-refractivity contribution in [1.29, 1.82) is 0 Å². The third kappa shape index (κ3) is 4.00. The Morgan fingerprint density at radius 2 is 2.04 bits per heavy atom. The molecule has 0 spiro atoms. The van der Waals surface area contributed by atoms with Crippen molar-refractivity contribution in [2.75, 3.05) is 14.2 Å². The Bertz CT molecular complexity index is 878. The maximum absolute atomic E-state index is 12.4. The zero-order chi connectivity index (χ0) is 18.4. The molecule has 1 N–H and O–H groups in total. The number of nitrogens with zero attached hydrogens (tertiary/aromatic N) is 3. The number of imidazole rings is 1. The number of carbonyl (C=O) groups is 1. The Kier molecular flexibility index (Phi) is 5.48. The summed E-state index contributed by atoms with van der Waals surface area (Å²) < 4.78 is 12.3. The van der Waals surface area contributed by atoms with Crippen LogP contribution in [0.25, 0.3) is 5.82 Å². The molecule has 26 heavy (non-hydrogen) atoms. The highest BCUT2D eigenvalue weighted by Crippen LogP contribution is 2.25. The molecular weight excluding hydrogens is 332 g/mol. The summed E-state index contributed by atoms with van der Waals surface area (Å²) in [5.74, 6) is 1.95. The van der Waals surface area contributed by atoms with Crippen molar-refractivity contribution in [1.82, 2.24) is 19.9 Å². The molecule has 1 aromatic carbocycles. The molecule has 3 rings (SSSR count). The van der Waals surface area contributed by atoms with E-state index >= 15 is 0 Å². The zero-order valence-electron chi connectivity index (χ0n) is 14.7. The van der Waals surface area contributed by atoms with Gasteiger partial charge in [0.15, 0.2) is 0 Å². The molecule has 2 aromatic heterocycles. The van der Waals surface area contributed by atoms with Crippen LogP contribution in [0.5, 0.6) is 11.5 Å². The molecule has 1 amide bonds. The Morgan fingerprint density at radius 1 is 1.15 bits per heavy atom. The largest absolute Gasteiger partial charge is 0.497 e. The summed E-state index contributed by atoms with van der Waals surface area (Å²) in [6.07, 6.45) is 7.11. The minimum atomic E-state index is -0.103. The van der Waals surface area contributed by atoms with E-state index in [-0.39, 0.29) is 12.3 Å². The van der Waals surface area contributed by atoms with Crippen LogP contribution < -0.4 is 14.8 Å². The molecule has 0 aliphatic rings. The summed E-state index contributed by atoms with van der Waals surface area (Å²) in [6.45, 7) is 0.374. The first-order chi connectivity index (χ1) is 12.7. The number of hydrogen-bond donors (Lipinski definition) is 1. The molecule has 0 aliphatic heterocycles. The monoisotopic (exact) mass is 352 g/mol. The second-order valence-corrected chi connectivity index (χ2v) is 5.59. The number of benzene rings is 1. The van der Waals surface area contributed by atoms with Gasteiger partial charge < -0.3 is 14.8 Å². The Morgan fingerprint density at radius 3 is 2.77 bits per heavy atom. The van der Waals surface area contributed by atoms with Crippen molar-refractivity contribution < 1.29 is 14.3 Å². The van der Waals surface area contributed by atoms with Crippen molar-refractivity contribution in [3.8, 4) is 17.3 Å². The van der Waals surface area contributed by atoms with E-state index in [1.807, 2.05) is 35.0 Å². The highest BCUT2D eigenvalue weighted by atomic mass is 16.5. The van der Waals surface area contributed by atoms with Gasteiger partial charge in [-0.05, 0) is 12.1 Å². The topological polar surface area (TPSA) is 78.3 Å². The Labute approximate surface area is 151 Å². The maximum Gasteiger partial charge on any atom is 0.224 e. The average molecular weight is 352 g/mol. The predicted molar refractivity (Wildman–Crippen MR) is 96.5 cm³/mol. The normalized spacial score (nSPS) is 10.4. The van der Waals surface area contributed by atoms with E-state index in [1.165, 1.54) is 0 Å². The molecule has 3 aromatic rings. The summed E-state index contributed by atoms with van der Waals surface area (Å²) in [6, 6.07) is 9.17. The van der Waals surface area contributed by atoms with Crippen LogP contribution in [-0.4, -0.2) is 34.7 Å². The van der Waals surface area contributed by atoms with Crippen molar-refractivity contribution >= 4 is 5.91 Å². The van der Waals surface area contributed by atoms with Gasteiger partial charge >= 0.3 is 0 Å². The number of aromatic nitrogens is 3. The lowest BCUT2D eigenvalue weighted by molar-refractivity contribution is -0.120. The molecule has 0 atom stereocenters. The molecular formula is C19H20N4O3. The van der Waals surface area contributed by atoms with Crippen LogP contribution >= 0.6 is 0 Å². The highest BCUT2D eigenvalue weighted by Gasteiger charge is 2.11. The molecule has 2 heterocycles. The Balaban J connectivity index is 1.67. The first-order valence-electron chi connectivity index (χ1n) is 8.11. The van der Waals surface area contributed by atoms with Gasteiger partial charge in [0.25, 0.3) is 0 Å². The van der Waals surface area contributed by atoms with Crippen LogP contribution in [-0.2, 0) is 17.8 Å². The van der Waals surface area contributed by atoms with E-state index in [0.717, 1.165) is 16.9 Å². The minimum Gasteiger partial charge on any atom is -0.497 e. The second-order valence-electron chi connectivity index (χ2n) is 5.59. The first-order valence-corrected chi connectivity index (χ1v) is 8.11. The van der Waals surface area contributed by atoms with Gasteiger partial charge in [-0.3, -0.25) is 9.36 Å². The SMILES string of the molecule is COc1ccc(CC(=O)NCc2cccnc2-n2ccnc2)c(OC)c1. The lowest BCUT2D eigenvalue weighted by Crippen LogP contribution is -2.25. The summed E-state index contributed by atoms with van der Waals surface area (Å²) in [7, 11) is 3.16. The van der Waals surface area contributed by atoms with Gasteiger partial charge in [-0.25, -0.2) is 9.97 Å². The third-order valence-corrected chi connectivity index (χ3v) is 3.94. The first kappa shape index (κ1) is 17.5. The Hall–Kier alpha value is -3.35. The molecule has 0 fully saturated rings. The van der Waals surface area contributed by atoms with Crippen molar-refractivity contribution in [3.63, 3.8) is 0 Å². The number of pyridine rings is 1. The molecule has 0 aliphatic carbocycles. The fourth-order valence-electron chi connectivity index (χ4n) is 2.61. The standard InChI is InChI=1S/C19H20N4O3/c1-25-16-6-5-14(17(11-16)26-2)10-18(24)22-12-15-4-3-7-21-19(15)23-9-8-20-13-23/h3-9,11,13H,10,12H2,1-2H3,(H,22,24). The van der Waals surface area contributed by atoms with E-state index in [1.54, 1.807) is 39.0 Å². The molecule has 134 valence electrons. The predicted octanol–water partition coefficient (Wildman–Crippen LogP) is 2.14. The second kappa shape index (κ2) is 8.15. The van der Waals surface area contributed by atoms with Crippen molar-refractivity contribution in [2.24, 2.45) is 0 Å². The van der Waals surface area contributed by atoms with Gasteiger partial charge in [0, 0.05) is 42.3 Å². The number of rotatable bonds is 7. The van der Waals surface area contributed by atoms with Crippen LogP contribution in [0, 0.1) is 0 Å². The molecule has 0 unspecified atom stereocenters. The summed E-state index contributed by atoms with van der Waals surface area (Å²) >= 11 is 0. The van der Waals surface area contributed by atoms with Crippen molar-refractivity contribution in [3.05, 3.63) is 66.4 Å². The van der Waals surface area contributed by atoms with Gasteiger partial charge in [0.2, 0.25) is 5.91 Å². The molecule has 7 nitrogen and oxygen atoms in total. The zero-order valence-corrected chi connectivity index (χ0v) is 14.7. The van der Waals surface area contributed by atoms with Crippen LogP contribution in [0.4, 0.5) is 0 Å². The fraction of sp³-hybridized carbons (Fsp3) is 0.211. The summed E-state index contributed by atoms with van der Waals surface area (Å²) in [4.78, 5) is 20.8. The molecule has 0 saturated carbocycles. The van der Waals surface area contributed by atoms with Gasteiger partial charge in [0.1, 0.15) is 23.6 Å². The number of amides is 1. The highest BCUT2D eigenvalue weighted by molar-refractivity contribution is 5.79. The van der Waals surface area contributed by atoms with E-state index in [9.17, 15) is 4.79 Å². The number of hydrogen-bond acceptors (Lipinski definition) is 5. The van der Waals surface area contributed by atoms with E-state index < -0.39 is 0 Å². The van der Waals surface area contributed by atoms with Gasteiger partial charge in [-0.1, -0.05) is 12.1 Å². The molecule has 0 saturated heterocycles. The summed E-state index contributed by atoms with van der Waals surface area (Å²) in [5, 5.41) is 2.93. The molecule has 7 heteroatoms. The van der Waals surface area contributed by atoms with Crippen LogP contribution in [0.1, 0.15) is 11.1 Å². The average Bonchev–Trinajstić information content (AvgIpc) is 3.21. The summed E-state index contributed by atoms with van der Waals surface area (Å²) in [5.41, 5.74) is 1.70. The van der Waals surface area contributed by atoms with E-state index in [4.69, 9.17) is 9.47 Å². The van der Waals surface area contributed by atoms with Crippen molar-refractivity contribution in [2.45, 2.75) is 13.0 Å². The fourth-order valence-corrected chi connectivity index (χ4v) is 2.61. The maximum atomic E-state index is 12.4. The van der Waals surface area contributed by atoms with Gasteiger partial charge in [0.05, 0.1) is 20.6 Å².